The molecule has 2 heterocycles. The van der Waals surface area contributed by atoms with E-state index in [0.29, 0.717) is 12.4 Å². The lowest BCUT2D eigenvalue weighted by Crippen LogP contribution is -2.39. The molecule has 2 unspecified atom stereocenters. The molecule has 3 aromatic carbocycles. The van der Waals surface area contributed by atoms with Crippen molar-refractivity contribution in [2.45, 2.75) is 19.1 Å². The number of phenols is 1. The number of para-hydroxylation sites is 1. The zero-order valence-corrected chi connectivity index (χ0v) is 19.1. The smallest absolute Gasteiger partial charge is 0.231 e. The molecule has 0 saturated carbocycles. The highest BCUT2D eigenvalue weighted by molar-refractivity contribution is 9.10. The van der Waals surface area contributed by atoms with Crippen LogP contribution in [-0.2, 0) is 0 Å². The van der Waals surface area contributed by atoms with Crippen LogP contribution in [0.2, 0.25) is 0 Å². The molecule has 32 heavy (non-hydrogen) atoms. The average molecular weight is 495 g/mol. The highest BCUT2D eigenvalue weighted by Gasteiger charge is 2.27. The summed E-state index contributed by atoms with van der Waals surface area (Å²) in [6, 6.07) is 19.3. The van der Waals surface area contributed by atoms with E-state index in [0.717, 1.165) is 38.4 Å². The fourth-order valence-electron chi connectivity index (χ4n) is 3.99. The van der Waals surface area contributed by atoms with Gasteiger partial charge >= 0.3 is 0 Å². The van der Waals surface area contributed by atoms with Crippen molar-refractivity contribution in [2.75, 3.05) is 13.4 Å². The molecule has 0 fully saturated rings. The van der Waals surface area contributed by atoms with Gasteiger partial charge in [-0.1, -0.05) is 40.2 Å². The standard InChI is InChI=1S/C25H23BrN2O4/c1-2-30-22-8-4-7-18(24(22)29)20-13-19(15-9-10-21-23(12-15)32-14-31-21)27-25(28-20)16-5-3-6-17(26)11-16/h3-13,20,25,27-29H,2,14H2,1H3. The van der Waals surface area contributed by atoms with E-state index in [1.54, 1.807) is 6.07 Å². The summed E-state index contributed by atoms with van der Waals surface area (Å²) in [7, 11) is 0. The Hall–Kier alpha value is -3.16. The Morgan fingerprint density at radius 3 is 2.75 bits per heavy atom. The molecule has 0 aromatic heterocycles. The van der Waals surface area contributed by atoms with Gasteiger partial charge in [-0.2, -0.15) is 0 Å². The molecule has 0 saturated heterocycles. The zero-order valence-electron chi connectivity index (χ0n) is 17.5. The monoisotopic (exact) mass is 494 g/mol. The maximum Gasteiger partial charge on any atom is 0.231 e. The highest BCUT2D eigenvalue weighted by atomic mass is 79.9. The Morgan fingerprint density at radius 1 is 1.06 bits per heavy atom. The topological polar surface area (TPSA) is 72.0 Å². The summed E-state index contributed by atoms with van der Waals surface area (Å²) in [6.45, 7) is 2.61. The van der Waals surface area contributed by atoms with E-state index in [-0.39, 0.29) is 24.8 Å². The molecule has 5 rings (SSSR count). The Labute approximate surface area is 195 Å². The van der Waals surface area contributed by atoms with Crippen LogP contribution in [-0.4, -0.2) is 18.5 Å². The van der Waals surface area contributed by atoms with Gasteiger partial charge in [0, 0.05) is 21.3 Å². The van der Waals surface area contributed by atoms with Gasteiger partial charge in [0.2, 0.25) is 6.79 Å². The van der Waals surface area contributed by atoms with Crippen LogP contribution in [0.1, 0.15) is 35.8 Å². The summed E-state index contributed by atoms with van der Waals surface area (Å²) < 4.78 is 17.6. The van der Waals surface area contributed by atoms with Crippen molar-refractivity contribution in [3.8, 4) is 23.0 Å². The van der Waals surface area contributed by atoms with Crippen LogP contribution in [0.5, 0.6) is 23.0 Å². The first-order valence-corrected chi connectivity index (χ1v) is 11.3. The minimum absolute atomic E-state index is 0.142. The number of halogens is 1. The summed E-state index contributed by atoms with van der Waals surface area (Å²) in [5.74, 6) is 2.08. The third kappa shape index (κ3) is 4.01. The van der Waals surface area contributed by atoms with Crippen molar-refractivity contribution >= 4 is 21.6 Å². The molecule has 2 atom stereocenters. The second kappa shape index (κ2) is 8.76. The molecule has 164 valence electrons. The van der Waals surface area contributed by atoms with E-state index in [9.17, 15) is 5.11 Å². The van der Waals surface area contributed by atoms with Crippen LogP contribution < -0.4 is 24.8 Å². The van der Waals surface area contributed by atoms with Gasteiger partial charge in [0.05, 0.1) is 12.6 Å². The Kier molecular flexibility index (Phi) is 5.68. The zero-order chi connectivity index (χ0) is 22.1. The third-order valence-corrected chi connectivity index (χ3v) is 6.00. The quantitative estimate of drug-likeness (QED) is 0.449. The lowest BCUT2D eigenvalue weighted by atomic mass is 9.97. The van der Waals surface area contributed by atoms with Crippen molar-refractivity contribution < 1.29 is 19.3 Å². The third-order valence-electron chi connectivity index (χ3n) is 5.51. The summed E-state index contributed by atoms with van der Waals surface area (Å²) in [4.78, 5) is 0. The molecule has 2 aliphatic rings. The number of fused-ring (bicyclic) bond motifs is 1. The van der Waals surface area contributed by atoms with Crippen molar-refractivity contribution in [3.63, 3.8) is 0 Å². The molecule has 3 N–H and O–H groups in total. The van der Waals surface area contributed by atoms with E-state index in [1.807, 2.05) is 49.4 Å². The first-order valence-electron chi connectivity index (χ1n) is 10.5. The maximum atomic E-state index is 10.9. The summed E-state index contributed by atoms with van der Waals surface area (Å²) in [6.07, 6.45) is 1.88. The predicted molar refractivity (Wildman–Crippen MR) is 126 cm³/mol. The van der Waals surface area contributed by atoms with Crippen molar-refractivity contribution in [1.29, 1.82) is 0 Å². The molecule has 0 radical (unpaired) electrons. The summed E-state index contributed by atoms with van der Waals surface area (Å²) >= 11 is 3.56. The molecular weight excluding hydrogens is 472 g/mol. The fraction of sp³-hybridized carbons (Fsp3) is 0.200. The number of ether oxygens (including phenoxy) is 3. The first kappa shape index (κ1) is 20.7. The van der Waals surface area contributed by atoms with Gasteiger partial charge in [0.15, 0.2) is 23.0 Å². The van der Waals surface area contributed by atoms with Crippen molar-refractivity contribution in [1.82, 2.24) is 10.6 Å². The van der Waals surface area contributed by atoms with Crippen LogP contribution in [0.4, 0.5) is 0 Å². The molecule has 0 spiro atoms. The van der Waals surface area contributed by atoms with Crippen LogP contribution in [0, 0.1) is 0 Å². The average Bonchev–Trinajstić information content (AvgIpc) is 3.28. The lowest BCUT2D eigenvalue weighted by molar-refractivity contribution is 0.174. The number of nitrogens with one attached hydrogen (secondary N) is 2. The number of phenolic OH excluding ortho intramolecular Hbond substituents is 1. The van der Waals surface area contributed by atoms with E-state index in [2.05, 4.69) is 44.8 Å². The fourth-order valence-corrected chi connectivity index (χ4v) is 4.41. The van der Waals surface area contributed by atoms with Crippen molar-refractivity contribution in [2.24, 2.45) is 0 Å². The maximum absolute atomic E-state index is 10.9. The number of aromatic hydroxyl groups is 1. The van der Waals surface area contributed by atoms with Crippen LogP contribution >= 0.6 is 15.9 Å². The Morgan fingerprint density at radius 2 is 1.91 bits per heavy atom. The molecule has 2 aliphatic heterocycles. The first-order chi connectivity index (χ1) is 15.6. The minimum atomic E-state index is -0.249. The second-order valence-electron chi connectivity index (χ2n) is 7.55. The Bertz CT molecular complexity index is 1180. The number of benzene rings is 3. The molecule has 6 nitrogen and oxygen atoms in total. The van der Waals surface area contributed by atoms with Crippen LogP contribution in [0.3, 0.4) is 0 Å². The molecule has 0 bridgehead atoms. The highest BCUT2D eigenvalue weighted by Crippen LogP contribution is 2.40. The van der Waals surface area contributed by atoms with Gasteiger partial charge in [-0.3, -0.25) is 5.32 Å². The Balaban J connectivity index is 1.57. The number of hydrogen-bond acceptors (Lipinski definition) is 6. The van der Waals surface area contributed by atoms with E-state index in [1.165, 1.54) is 0 Å². The molecule has 0 aliphatic carbocycles. The van der Waals surface area contributed by atoms with Crippen molar-refractivity contribution in [3.05, 3.63) is 87.9 Å². The van der Waals surface area contributed by atoms with Gasteiger partial charge in [-0.15, -0.1) is 0 Å². The molecule has 0 amide bonds. The SMILES string of the molecule is CCOc1cccc(C2C=C(c3ccc4c(c3)OCO4)NC(c3cccc(Br)c3)N2)c1O. The van der Waals surface area contributed by atoms with Gasteiger partial charge in [-0.05, 0) is 55.0 Å². The normalized spacial score (nSPS) is 19.2. The summed E-state index contributed by atoms with van der Waals surface area (Å²) in [5, 5.41) is 18.1. The van der Waals surface area contributed by atoms with E-state index < -0.39 is 0 Å². The number of rotatable bonds is 5. The molecule has 7 heteroatoms. The summed E-state index contributed by atoms with van der Waals surface area (Å²) in [5.41, 5.74) is 3.71. The second-order valence-corrected chi connectivity index (χ2v) is 8.47. The van der Waals surface area contributed by atoms with Crippen LogP contribution in [0.25, 0.3) is 5.70 Å². The van der Waals surface area contributed by atoms with Gasteiger partial charge in [-0.25, -0.2) is 0 Å². The molecular formula is C25H23BrN2O4. The largest absolute Gasteiger partial charge is 0.504 e. The van der Waals surface area contributed by atoms with E-state index >= 15 is 0 Å². The van der Waals surface area contributed by atoms with Crippen LogP contribution in [0.15, 0.2) is 71.2 Å². The van der Waals surface area contributed by atoms with Gasteiger partial charge in [0.25, 0.3) is 0 Å². The minimum Gasteiger partial charge on any atom is -0.504 e. The van der Waals surface area contributed by atoms with E-state index in [4.69, 9.17) is 14.2 Å². The van der Waals surface area contributed by atoms with Gasteiger partial charge in [0.1, 0.15) is 6.17 Å². The lowest BCUT2D eigenvalue weighted by Gasteiger charge is -2.33. The van der Waals surface area contributed by atoms with Gasteiger partial charge < -0.3 is 24.6 Å². The number of hydrogen-bond donors (Lipinski definition) is 3. The predicted octanol–water partition coefficient (Wildman–Crippen LogP) is 5.26. The molecule has 3 aromatic rings.